The smallest absolute Gasteiger partial charge is 0.345 e. The lowest BCUT2D eigenvalue weighted by atomic mass is 10.0. The molecule has 15 heteroatoms. The fourth-order valence-electron chi connectivity index (χ4n) is 4.52. The van der Waals surface area contributed by atoms with Gasteiger partial charge in [-0.05, 0) is 67.1 Å². The van der Waals surface area contributed by atoms with Crippen molar-refractivity contribution < 1.29 is 37.0 Å². The Bertz CT molecular complexity index is 1770. The molecule has 5 rings (SSSR count). The standard InChI is InChI=1S/C32H31F3N6O5S/c1-31(2,33)46-24-13-8-22(9-14-24)40-18-36-28(39-40)20-5-10-23(11-6-20)45-19-37-29(43)38-30-41(27(42)17-47-30)26-15-25(44-4)12-7-21(26)16-32(3,34)35/h5-15,18H,16-17,19H2,1-4H3,(H,37,43). The van der Waals surface area contributed by atoms with Crippen LogP contribution in [0.4, 0.5) is 23.7 Å². The largest absolute Gasteiger partial charge is 0.497 e. The monoisotopic (exact) mass is 668 g/mol. The first-order valence-corrected chi connectivity index (χ1v) is 15.3. The van der Waals surface area contributed by atoms with Crippen molar-refractivity contribution in [3.8, 4) is 34.3 Å². The third-order valence-electron chi connectivity index (χ3n) is 6.53. The number of anilines is 1. The number of carbonyl (C=O) groups excluding carboxylic acids is 2. The Morgan fingerprint density at radius 2 is 1.68 bits per heavy atom. The second-order valence-electron chi connectivity index (χ2n) is 10.9. The van der Waals surface area contributed by atoms with E-state index in [1.807, 2.05) is 0 Å². The number of ether oxygens (including phenoxy) is 3. The molecule has 1 aliphatic rings. The summed E-state index contributed by atoms with van der Waals surface area (Å²) in [6, 6.07) is 17.3. The minimum Gasteiger partial charge on any atom is -0.497 e. The Kier molecular flexibility index (Phi) is 9.75. The number of halogens is 3. The van der Waals surface area contributed by atoms with E-state index in [0.717, 1.165) is 23.6 Å². The number of carbonyl (C=O) groups is 2. The second-order valence-corrected chi connectivity index (χ2v) is 11.9. The highest BCUT2D eigenvalue weighted by molar-refractivity contribution is 8.15. The minimum atomic E-state index is -3.03. The van der Waals surface area contributed by atoms with E-state index in [9.17, 15) is 22.8 Å². The number of benzene rings is 3. The second kappa shape index (κ2) is 13.7. The lowest BCUT2D eigenvalue weighted by molar-refractivity contribution is -0.115. The number of thioether (sulfide) groups is 1. The Balaban J connectivity index is 1.19. The van der Waals surface area contributed by atoms with E-state index in [-0.39, 0.29) is 28.9 Å². The van der Waals surface area contributed by atoms with Crippen LogP contribution in [0.15, 0.2) is 78.0 Å². The summed E-state index contributed by atoms with van der Waals surface area (Å²) < 4.78 is 59.1. The van der Waals surface area contributed by atoms with Crippen molar-refractivity contribution in [1.29, 1.82) is 0 Å². The molecule has 1 fully saturated rings. The number of nitrogens with zero attached hydrogens (tertiary/aromatic N) is 5. The lowest BCUT2D eigenvalue weighted by Gasteiger charge is -2.22. The molecule has 0 unspecified atom stereocenters. The molecule has 1 aliphatic heterocycles. The van der Waals surface area contributed by atoms with Gasteiger partial charge in [0.05, 0.1) is 24.2 Å². The average molecular weight is 669 g/mol. The minimum absolute atomic E-state index is 0.0125. The number of hydrogen-bond donors (Lipinski definition) is 1. The molecule has 1 saturated heterocycles. The van der Waals surface area contributed by atoms with E-state index >= 15 is 0 Å². The maximum atomic E-state index is 13.9. The van der Waals surface area contributed by atoms with Gasteiger partial charge in [-0.15, -0.1) is 5.10 Å². The summed E-state index contributed by atoms with van der Waals surface area (Å²) in [5.41, 5.74) is 1.81. The van der Waals surface area contributed by atoms with Gasteiger partial charge in [0, 0.05) is 31.9 Å². The Hall–Kier alpha value is -5.05. The summed E-state index contributed by atoms with van der Waals surface area (Å²) >= 11 is 1.02. The van der Waals surface area contributed by atoms with Gasteiger partial charge in [0.2, 0.25) is 17.7 Å². The van der Waals surface area contributed by atoms with Crippen molar-refractivity contribution in [3.63, 3.8) is 0 Å². The van der Waals surface area contributed by atoms with Crippen molar-refractivity contribution in [3.05, 3.63) is 78.6 Å². The van der Waals surface area contributed by atoms with Crippen molar-refractivity contribution in [2.75, 3.05) is 24.5 Å². The number of amides is 3. The average Bonchev–Trinajstić information content (AvgIpc) is 3.64. The van der Waals surface area contributed by atoms with Crippen LogP contribution in [0.3, 0.4) is 0 Å². The summed E-state index contributed by atoms with van der Waals surface area (Å²) in [6.07, 6.45) is 0.938. The van der Waals surface area contributed by atoms with E-state index in [1.54, 1.807) is 59.5 Å². The first-order chi connectivity index (χ1) is 22.3. The fourth-order valence-corrected chi connectivity index (χ4v) is 5.38. The van der Waals surface area contributed by atoms with Crippen LogP contribution in [0.5, 0.6) is 17.2 Å². The molecule has 0 bridgehead atoms. The summed E-state index contributed by atoms with van der Waals surface area (Å²) in [7, 11) is 1.42. The van der Waals surface area contributed by atoms with Gasteiger partial charge in [0.1, 0.15) is 23.6 Å². The molecule has 0 radical (unpaired) electrons. The van der Waals surface area contributed by atoms with Crippen molar-refractivity contribution in [2.45, 2.75) is 39.0 Å². The van der Waals surface area contributed by atoms with Gasteiger partial charge in [-0.1, -0.05) is 17.8 Å². The van der Waals surface area contributed by atoms with Gasteiger partial charge in [0.25, 0.3) is 0 Å². The third kappa shape index (κ3) is 8.82. The summed E-state index contributed by atoms with van der Waals surface area (Å²) in [4.78, 5) is 34.9. The SMILES string of the molecule is COc1ccc(CC(C)(F)F)c(N2C(=O)CSC2=NC(=O)NCOc2ccc(-c3ncn(-c4ccc(OC(C)(C)F)cc4)n3)cc2)c1. The number of aromatic nitrogens is 3. The van der Waals surface area contributed by atoms with Gasteiger partial charge >= 0.3 is 6.03 Å². The summed E-state index contributed by atoms with van der Waals surface area (Å²) in [5, 5.41) is 7.04. The quantitative estimate of drug-likeness (QED) is 0.182. The van der Waals surface area contributed by atoms with Crippen LogP contribution in [-0.4, -0.2) is 63.2 Å². The molecule has 0 aliphatic carbocycles. The zero-order valence-electron chi connectivity index (χ0n) is 25.9. The van der Waals surface area contributed by atoms with Gasteiger partial charge in [-0.2, -0.15) is 9.38 Å². The van der Waals surface area contributed by atoms with Gasteiger partial charge in [0.15, 0.2) is 17.7 Å². The number of aliphatic imine (C=N–C) groups is 1. The number of urea groups is 1. The molecule has 3 aromatic carbocycles. The molecular weight excluding hydrogens is 637 g/mol. The predicted octanol–water partition coefficient (Wildman–Crippen LogP) is 6.41. The van der Waals surface area contributed by atoms with E-state index in [0.29, 0.717) is 34.3 Å². The maximum absolute atomic E-state index is 13.9. The molecule has 1 aromatic heterocycles. The topological polar surface area (TPSA) is 120 Å². The van der Waals surface area contributed by atoms with Crippen LogP contribution in [0, 0.1) is 0 Å². The zero-order chi connectivity index (χ0) is 33.8. The highest BCUT2D eigenvalue weighted by Crippen LogP contribution is 2.35. The molecule has 0 atom stereocenters. The number of amidine groups is 1. The van der Waals surface area contributed by atoms with Crippen molar-refractivity contribution >= 4 is 34.6 Å². The number of alkyl halides is 3. The molecule has 4 aromatic rings. The first kappa shape index (κ1) is 33.3. The lowest BCUT2D eigenvalue weighted by Crippen LogP contribution is -2.33. The molecule has 1 N–H and O–H groups in total. The number of nitrogens with one attached hydrogen (secondary N) is 1. The van der Waals surface area contributed by atoms with Crippen LogP contribution >= 0.6 is 11.8 Å². The third-order valence-corrected chi connectivity index (χ3v) is 7.45. The molecule has 2 heterocycles. The maximum Gasteiger partial charge on any atom is 0.345 e. The highest BCUT2D eigenvalue weighted by Gasteiger charge is 2.34. The molecule has 246 valence electrons. The van der Waals surface area contributed by atoms with Gasteiger partial charge < -0.3 is 19.5 Å². The Labute approximate surface area is 272 Å². The van der Waals surface area contributed by atoms with E-state index in [2.05, 4.69) is 20.4 Å². The van der Waals surface area contributed by atoms with Crippen LogP contribution in [0.25, 0.3) is 17.1 Å². The molecule has 0 saturated carbocycles. The first-order valence-electron chi connectivity index (χ1n) is 14.3. The molecule has 3 amide bonds. The Morgan fingerprint density at radius 1 is 1.00 bits per heavy atom. The highest BCUT2D eigenvalue weighted by atomic mass is 32.2. The zero-order valence-corrected chi connectivity index (χ0v) is 26.7. The van der Waals surface area contributed by atoms with E-state index < -0.39 is 30.1 Å². The predicted molar refractivity (Wildman–Crippen MR) is 171 cm³/mol. The van der Waals surface area contributed by atoms with Crippen LogP contribution < -0.4 is 24.4 Å². The number of rotatable bonds is 11. The summed E-state index contributed by atoms with van der Waals surface area (Å²) in [5.74, 6) is -3.58. The van der Waals surface area contributed by atoms with Gasteiger partial charge in [-0.3, -0.25) is 9.69 Å². The fraction of sp³-hybridized carbons (Fsp3) is 0.281. The van der Waals surface area contributed by atoms with Crippen molar-refractivity contribution in [1.82, 2.24) is 20.1 Å². The Morgan fingerprint density at radius 3 is 2.34 bits per heavy atom. The van der Waals surface area contributed by atoms with Gasteiger partial charge in [-0.25, -0.2) is 23.2 Å². The van der Waals surface area contributed by atoms with Crippen molar-refractivity contribution in [2.24, 2.45) is 4.99 Å². The molecule has 0 spiro atoms. The number of methoxy groups -OCH3 is 1. The van der Waals surface area contributed by atoms with E-state index in [1.165, 1.54) is 39.2 Å². The van der Waals surface area contributed by atoms with Crippen LogP contribution in [0.1, 0.15) is 26.3 Å². The van der Waals surface area contributed by atoms with E-state index in [4.69, 9.17) is 14.2 Å². The normalized spacial score (nSPS) is 14.4. The molecule has 11 nitrogen and oxygen atoms in total. The van der Waals surface area contributed by atoms with Crippen LogP contribution in [-0.2, 0) is 11.2 Å². The number of hydrogen-bond acceptors (Lipinski definition) is 8. The molecule has 47 heavy (non-hydrogen) atoms. The summed E-state index contributed by atoms with van der Waals surface area (Å²) in [6.45, 7) is 3.20. The van der Waals surface area contributed by atoms with Crippen LogP contribution in [0.2, 0.25) is 0 Å². The molecular formula is C32H31F3N6O5S.